The maximum atomic E-state index is 12.3. The highest BCUT2D eigenvalue weighted by Crippen LogP contribution is 2.25. The molecule has 1 atom stereocenters. The van der Waals surface area contributed by atoms with Crippen LogP contribution in [-0.4, -0.2) is 21.2 Å². The lowest BCUT2D eigenvalue weighted by Gasteiger charge is -2.06. The molecule has 0 spiro atoms. The highest BCUT2D eigenvalue weighted by molar-refractivity contribution is 8.00. The molecule has 0 saturated carbocycles. The van der Waals surface area contributed by atoms with Crippen molar-refractivity contribution in [2.75, 3.05) is 0 Å². The van der Waals surface area contributed by atoms with E-state index in [2.05, 4.69) is 10.2 Å². The van der Waals surface area contributed by atoms with Crippen LogP contribution in [0.5, 0.6) is 0 Å². The Labute approximate surface area is 138 Å². The first-order valence-corrected chi connectivity index (χ1v) is 8.22. The van der Waals surface area contributed by atoms with Crippen LogP contribution in [0.4, 0.5) is 0 Å². The summed E-state index contributed by atoms with van der Waals surface area (Å²) in [7, 11) is 0. The van der Waals surface area contributed by atoms with Gasteiger partial charge in [0.15, 0.2) is 5.78 Å². The van der Waals surface area contributed by atoms with Gasteiger partial charge in [-0.2, -0.15) is 0 Å². The van der Waals surface area contributed by atoms with Crippen molar-refractivity contribution in [1.82, 2.24) is 10.2 Å². The average Bonchev–Trinajstić information content (AvgIpc) is 3.02. The van der Waals surface area contributed by atoms with E-state index in [9.17, 15) is 4.79 Å². The fourth-order valence-electron chi connectivity index (χ4n) is 2.17. The second-order valence-corrected chi connectivity index (χ2v) is 6.41. The molecular weight excluding hydrogens is 308 g/mol. The Morgan fingerprint density at radius 3 is 2.39 bits per heavy atom. The summed E-state index contributed by atoms with van der Waals surface area (Å²) in [4.78, 5) is 12.3. The molecule has 0 bridgehead atoms. The fourth-order valence-corrected chi connectivity index (χ4v) is 2.95. The lowest BCUT2D eigenvalue weighted by Crippen LogP contribution is -2.13. The summed E-state index contributed by atoms with van der Waals surface area (Å²) in [6.45, 7) is 1.85. The van der Waals surface area contributed by atoms with Gasteiger partial charge in [-0.15, -0.1) is 10.2 Å². The smallest absolute Gasteiger partial charge is 0.277 e. The van der Waals surface area contributed by atoms with Crippen LogP contribution in [-0.2, 0) is 6.42 Å². The number of ketones is 1. The summed E-state index contributed by atoms with van der Waals surface area (Å²) in [5.41, 5.74) is 1.80. The van der Waals surface area contributed by atoms with Crippen molar-refractivity contribution < 1.29 is 9.21 Å². The van der Waals surface area contributed by atoms with Gasteiger partial charge < -0.3 is 4.42 Å². The molecular formula is C18H16N2O2S. The van der Waals surface area contributed by atoms with Crippen LogP contribution < -0.4 is 0 Å². The Morgan fingerprint density at radius 1 is 1.04 bits per heavy atom. The summed E-state index contributed by atoms with van der Waals surface area (Å²) in [6, 6.07) is 19.2. The Hall–Kier alpha value is -2.40. The molecule has 3 rings (SSSR count). The highest BCUT2D eigenvalue weighted by atomic mass is 32.2. The molecule has 0 amide bonds. The first-order chi connectivity index (χ1) is 11.2. The molecule has 1 aromatic heterocycles. The van der Waals surface area contributed by atoms with Crippen molar-refractivity contribution in [3.8, 4) is 0 Å². The van der Waals surface area contributed by atoms with Crippen LogP contribution in [0.3, 0.4) is 0 Å². The summed E-state index contributed by atoms with van der Waals surface area (Å²) in [6.07, 6.45) is 0.593. The third-order valence-electron chi connectivity index (χ3n) is 3.35. The molecule has 0 N–H and O–H groups in total. The number of thioether (sulfide) groups is 1. The maximum Gasteiger partial charge on any atom is 0.277 e. The number of hydrogen-bond acceptors (Lipinski definition) is 5. The molecule has 0 unspecified atom stereocenters. The van der Waals surface area contributed by atoms with Crippen LogP contribution in [0.15, 0.2) is 70.3 Å². The van der Waals surface area contributed by atoms with E-state index in [1.165, 1.54) is 11.8 Å². The number of nitrogens with zero attached hydrogens (tertiary/aromatic N) is 2. The molecule has 0 aliphatic rings. The SMILES string of the molecule is C[C@H](Sc1nnc(Cc2ccccc2)o1)C(=O)c1ccccc1. The minimum absolute atomic E-state index is 0.0541. The predicted molar refractivity (Wildman–Crippen MR) is 89.6 cm³/mol. The third kappa shape index (κ3) is 4.07. The van der Waals surface area contributed by atoms with Crippen LogP contribution in [0.1, 0.15) is 28.7 Å². The van der Waals surface area contributed by atoms with E-state index in [1.54, 1.807) is 0 Å². The van der Waals surface area contributed by atoms with Crippen LogP contribution in [0.25, 0.3) is 0 Å². The normalized spacial score (nSPS) is 12.0. The van der Waals surface area contributed by atoms with Crippen LogP contribution >= 0.6 is 11.8 Å². The lowest BCUT2D eigenvalue weighted by molar-refractivity contribution is 0.0993. The van der Waals surface area contributed by atoms with Gasteiger partial charge in [-0.1, -0.05) is 72.4 Å². The molecule has 116 valence electrons. The largest absolute Gasteiger partial charge is 0.416 e. The van der Waals surface area contributed by atoms with Crippen LogP contribution in [0.2, 0.25) is 0 Å². The Morgan fingerprint density at radius 2 is 1.70 bits per heavy atom. The zero-order valence-corrected chi connectivity index (χ0v) is 13.5. The van der Waals surface area contributed by atoms with Crippen molar-refractivity contribution >= 4 is 17.5 Å². The molecule has 23 heavy (non-hydrogen) atoms. The predicted octanol–water partition coefficient (Wildman–Crippen LogP) is 4.02. The fraction of sp³-hybridized carbons (Fsp3) is 0.167. The number of carbonyl (C=O) groups excluding carboxylic acids is 1. The average molecular weight is 324 g/mol. The van der Waals surface area contributed by atoms with Gasteiger partial charge in [-0.05, 0) is 12.5 Å². The minimum Gasteiger partial charge on any atom is -0.416 e. The zero-order valence-electron chi connectivity index (χ0n) is 12.7. The van der Waals surface area contributed by atoms with Gasteiger partial charge in [0, 0.05) is 5.56 Å². The second kappa shape index (κ2) is 7.24. The van der Waals surface area contributed by atoms with Crippen molar-refractivity contribution in [3.63, 3.8) is 0 Å². The summed E-state index contributed by atoms with van der Waals surface area (Å²) < 4.78 is 5.63. The first-order valence-electron chi connectivity index (χ1n) is 7.34. The van der Waals surface area contributed by atoms with Crippen molar-refractivity contribution in [2.45, 2.75) is 23.8 Å². The molecule has 2 aromatic carbocycles. The van der Waals surface area contributed by atoms with Crippen molar-refractivity contribution in [1.29, 1.82) is 0 Å². The van der Waals surface area contributed by atoms with E-state index < -0.39 is 0 Å². The van der Waals surface area contributed by atoms with Gasteiger partial charge in [-0.25, -0.2) is 0 Å². The molecule has 3 aromatic rings. The topological polar surface area (TPSA) is 56.0 Å². The zero-order chi connectivity index (χ0) is 16.1. The second-order valence-electron chi connectivity index (χ2n) is 5.11. The van der Waals surface area contributed by atoms with Crippen molar-refractivity contribution in [2.24, 2.45) is 0 Å². The molecule has 0 fully saturated rings. The Kier molecular flexibility index (Phi) is 4.88. The van der Waals surface area contributed by atoms with Crippen LogP contribution in [0, 0.1) is 0 Å². The standard InChI is InChI=1S/C18H16N2O2S/c1-13(17(21)15-10-6-3-7-11-15)23-18-20-19-16(22-18)12-14-8-4-2-5-9-14/h2-11,13H,12H2,1H3/t13-/m0/s1. The molecule has 0 aliphatic carbocycles. The molecule has 0 saturated heterocycles. The van der Waals surface area contributed by atoms with E-state index in [-0.39, 0.29) is 11.0 Å². The van der Waals surface area contributed by atoms with E-state index in [0.717, 1.165) is 5.56 Å². The number of hydrogen-bond donors (Lipinski definition) is 0. The van der Waals surface area contributed by atoms with E-state index in [1.807, 2.05) is 67.6 Å². The maximum absolute atomic E-state index is 12.3. The Bertz CT molecular complexity index is 772. The number of benzene rings is 2. The number of aromatic nitrogens is 2. The molecule has 4 nitrogen and oxygen atoms in total. The van der Waals surface area contributed by atoms with Gasteiger partial charge in [0.1, 0.15) is 0 Å². The van der Waals surface area contributed by atoms with Gasteiger partial charge in [0.2, 0.25) is 5.89 Å². The van der Waals surface area contributed by atoms with Gasteiger partial charge in [0.05, 0.1) is 11.7 Å². The Balaban J connectivity index is 1.63. The van der Waals surface area contributed by atoms with Gasteiger partial charge in [-0.3, -0.25) is 4.79 Å². The number of rotatable bonds is 6. The summed E-state index contributed by atoms with van der Waals surface area (Å²) in [5, 5.41) is 8.22. The number of carbonyl (C=O) groups is 1. The lowest BCUT2D eigenvalue weighted by atomic mass is 10.1. The monoisotopic (exact) mass is 324 g/mol. The molecule has 5 heteroatoms. The minimum atomic E-state index is -0.276. The van der Waals surface area contributed by atoms with Crippen molar-refractivity contribution in [3.05, 3.63) is 77.7 Å². The van der Waals surface area contributed by atoms with E-state index in [4.69, 9.17) is 4.42 Å². The van der Waals surface area contributed by atoms with E-state index >= 15 is 0 Å². The first kappa shape index (κ1) is 15.5. The third-order valence-corrected chi connectivity index (χ3v) is 4.29. The van der Waals surface area contributed by atoms with Gasteiger partial charge >= 0.3 is 0 Å². The van der Waals surface area contributed by atoms with E-state index in [0.29, 0.717) is 23.1 Å². The summed E-state index contributed by atoms with van der Waals surface area (Å²) >= 11 is 1.29. The highest BCUT2D eigenvalue weighted by Gasteiger charge is 2.19. The molecule has 0 radical (unpaired) electrons. The quantitative estimate of drug-likeness (QED) is 0.506. The number of Topliss-reactive ketones (excluding diaryl/α,β-unsaturated/α-hetero) is 1. The molecule has 0 aliphatic heterocycles. The van der Waals surface area contributed by atoms with Gasteiger partial charge in [0.25, 0.3) is 5.22 Å². The summed E-state index contributed by atoms with van der Waals surface area (Å²) in [5.74, 6) is 0.608. The molecule has 1 heterocycles.